The molecule has 0 spiro atoms. The summed E-state index contributed by atoms with van der Waals surface area (Å²) in [6, 6.07) is 14.1. The molecule has 5 rings (SSSR count). The number of amides is 1. The number of carbonyl (C=O) groups excluding carboxylic acids is 1. The number of imidazole rings is 1. The fourth-order valence-electron chi connectivity index (χ4n) is 4.10. The fraction of sp³-hybridized carbons (Fsp3) is 0.348. The molecule has 1 N–H and O–H groups in total. The van der Waals surface area contributed by atoms with E-state index in [0.29, 0.717) is 11.2 Å². The molecule has 1 amide bonds. The van der Waals surface area contributed by atoms with Crippen LogP contribution in [-0.2, 0) is 0 Å². The number of nitrogens with one attached hydrogen (secondary N) is 1. The number of nitrogens with zero attached hydrogens (tertiary/aromatic N) is 5. The molecule has 1 aliphatic heterocycles. The lowest BCUT2D eigenvalue weighted by atomic mass is 10.1. The average Bonchev–Trinajstić information content (AvgIpc) is 3.12. The van der Waals surface area contributed by atoms with Crippen LogP contribution in [0.5, 0.6) is 0 Å². The maximum Gasteiger partial charge on any atom is 0.255 e. The molecule has 0 atom stereocenters. The molecule has 1 aromatic carbocycles. The normalized spacial score (nSPS) is 15.5. The van der Waals surface area contributed by atoms with Crippen LogP contribution in [0.2, 0.25) is 0 Å². The van der Waals surface area contributed by atoms with Gasteiger partial charge in [-0.25, -0.2) is 9.97 Å². The summed E-state index contributed by atoms with van der Waals surface area (Å²) < 4.78 is 2.03. The first kappa shape index (κ1) is 18.8. The lowest BCUT2D eigenvalue weighted by molar-refractivity contribution is 0.0944. The SMILES string of the molecule is CC(C)NC(=O)c1cc2ccc(N3CCN(C)CC3)nc2n2c1nc1ccccc12. The van der Waals surface area contributed by atoms with Crippen LogP contribution in [0.15, 0.2) is 42.5 Å². The minimum absolute atomic E-state index is 0.0513. The Morgan fingerprint density at radius 1 is 1.00 bits per heavy atom. The van der Waals surface area contributed by atoms with E-state index in [1.165, 1.54) is 0 Å². The van der Waals surface area contributed by atoms with Crippen molar-refractivity contribution in [3.05, 3.63) is 48.0 Å². The van der Waals surface area contributed by atoms with Crippen LogP contribution in [0.1, 0.15) is 24.2 Å². The molecule has 7 nitrogen and oxygen atoms in total. The third-order valence-electron chi connectivity index (χ3n) is 5.70. The first-order valence-corrected chi connectivity index (χ1v) is 10.5. The minimum atomic E-state index is -0.115. The van der Waals surface area contributed by atoms with Crippen molar-refractivity contribution in [2.45, 2.75) is 19.9 Å². The van der Waals surface area contributed by atoms with Crippen molar-refractivity contribution in [2.75, 3.05) is 38.1 Å². The van der Waals surface area contributed by atoms with Crippen molar-refractivity contribution in [3.63, 3.8) is 0 Å². The van der Waals surface area contributed by atoms with Gasteiger partial charge in [-0.2, -0.15) is 0 Å². The number of benzene rings is 1. The van der Waals surface area contributed by atoms with Crippen LogP contribution in [-0.4, -0.2) is 64.4 Å². The predicted octanol–water partition coefficient (Wildman–Crippen LogP) is 2.93. The van der Waals surface area contributed by atoms with Gasteiger partial charge in [-0.05, 0) is 51.2 Å². The number of fused-ring (bicyclic) bond motifs is 5. The number of likely N-dealkylation sites (N-methyl/N-ethyl adjacent to an activating group) is 1. The Balaban J connectivity index is 1.74. The maximum absolute atomic E-state index is 12.9. The average molecular weight is 403 g/mol. The Morgan fingerprint density at radius 3 is 2.53 bits per heavy atom. The largest absolute Gasteiger partial charge is 0.354 e. The van der Waals surface area contributed by atoms with E-state index in [2.05, 4.69) is 34.3 Å². The molecule has 0 aliphatic carbocycles. The number of rotatable bonds is 3. The van der Waals surface area contributed by atoms with Gasteiger partial charge in [0.05, 0.1) is 16.6 Å². The third-order valence-corrected chi connectivity index (χ3v) is 5.70. The standard InChI is InChI=1S/C23H26N6O/c1-15(2)24-23(30)17-14-16-8-9-20(28-12-10-27(3)11-13-28)26-21(16)29-19-7-5-4-6-18(19)25-22(17)29/h4-9,14-15H,10-13H2,1-3H3,(H,24,30). The molecule has 0 saturated carbocycles. The zero-order valence-corrected chi connectivity index (χ0v) is 17.6. The molecule has 1 saturated heterocycles. The van der Waals surface area contributed by atoms with Gasteiger partial charge >= 0.3 is 0 Å². The molecular weight excluding hydrogens is 376 g/mol. The minimum Gasteiger partial charge on any atom is -0.354 e. The van der Waals surface area contributed by atoms with Gasteiger partial charge in [0.15, 0.2) is 5.65 Å². The van der Waals surface area contributed by atoms with Gasteiger partial charge in [0.2, 0.25) is 0 Å². The van der Waals surface area contributed by atoms with Gasteiger partial charge in [0, 0.05) is 37.6 Å². The first-order chi connectivity index (χ1) is 14.5. The van der Waals surface area contributed by atoms with E-state index in [1.807, 2.05) is 48.6 Å². The van der Waals surface area contributed by atoms with E-state index >= 15 is 0 Å². The molecule has 4 heterocycles. The van der Waals surface area contributed by atoms with E-state index in [-0.39, 0.29) is 11.9 Å². The summed E-state index contributed by atoms with van der Waals surface area (Å²) >= 11 is 0. The number of carbonyl (C=O) groups is 1. The van der Waals surface area contributed by atoms with Crippen molar-refractivity contribution < 1.29 is 4.79 Å². The Bertz CT molecular complexity index is 1250. The summed E-state index contributed by atoms with van der Waals surface area (Å²) in [6.07, 6.45) is 0. The Hall–Kier alpha value is -3.19. The van der Waals surface area contributed by atoms with Crippen LogP contribution >= 0.6 is 0 Å². The molecule has 0 unspecified atom stereocenters. The number of aromatic nitrogens is 3. The van der Waals surface area contributed by atoms with E-state index in [4.69, 9.17) is 9.97 Å². The number of hydrogen-bond donors (Lipinski definition) is 1. The molecule has 4 aromatic rings. The molecule has 1 aliphatic rings. The van der Waals surface area contributed by atoms with Gasteiger partial charge in [-0.15, -0.1) is 0 Å². The molecule has 154 valence electrons. The second-order valence-corrected chi connectivity index (χ2v) is 8.32. The summed E-state index contributed by atoms with van der Waals surface area (Å²) in [7, 11) is 2.15. The number of para-hydroxylation sites is 2. The number of pyridine rings is 2. The second-order valence-electron chi connectivity index (χ2n) is 8.32. The topological polar surface area (TPSA) is 65.8 Å². The van der Waals surface area contributed by atoms with Crippen LogP contribution in [0.3, 0.4) is 0 Å². The van der Waals surface area contributed by atoms with Crippen molar-refractivity contribution in [3.8, 4) is 0 Å². The van der Waals surface area contributed by atoms with Gasteiger partial charge in [-0.1, -0.05) is 12.1 Å². The molecule has 3 aromatic heterocycles. The highest BCUT2D eigenvalue weighted by Gasteiger charge is 2.21. The van der Waals surface area contributed by atoms with E-state index in [1.54, 1.807) is 0 Å². The summed E-state index contributed by atoms with van der Waals surface area (Å²) in [6.45, 7) is 7.88. The predicted molar refractivity (Wildman–Crippen MR) is 120 cm³/mol. The van der Waals surface area contributed by atoms with Gasteiger partial charge in [0.25, 0.3) is 5.91 Å². The summed E-state index contributed by atoms with van der Waals surface area (Å²) in [5.74, 6) is 0.851. The molecule has 30 heavy (non-hydrogen) atoms. The monoisotopic (exact) mass is 402 g/mol. The number of piperazine rings is 1. The lowest BCUT2D eigenvalue weighted by Crippen LogP contribution is -2.44. The van der Waals surface area contributed by atoms with E-state index in [9.17, 15) is 4.79 Å². The Kier molecular flexibility index (Phi) is 4.55. The fourth-order valence-corrected chi connectivity index (χ4v) is 4.10. The van der Waals surface area contributed by atoms with E-state index < -0.39 is 0 Å². The van der Waals surface area contributed by atoms with Crippen molar-refractivity contribution in [2.24, 2.45) is 0 Å². The van der Waals surface area contributed by atoms with Crippen LogP contribution in [0, 0.1) is 0 Å². The van der Waals surface area contributed by atoms with Crippen molar-refractivity contribution >= 4 is 39.4 Å². The zero-order chi connectivity index (χ0) is 20.8. The van der Waals surface area contributed by atoms with E-state index in [0.717, 1.165) is 54.1 Å². The quantitative estimate of drug-likeness (QED) is 0.571. The van der Waals surface area contributed by atoms with Crippen LogP contribution < -0.4 is 10.2 Å². The highest BCUT2D eigenvalue weighted by molar-refractivity contribution is 6.05. The van der Waals surface area contributed by atoms with Crippen LogP contribution in [0.25, 0.3) is 27.7 Å². The third kappa shape index (κ3) is 3.15. The van der Waals surface area contributed by atoms with Crippen LogP contribution in [0.4, 0.5) is 5.82 Å². The second kappa shape index (κ2) is 7.25. The van der Waals surface area contributed by atoms with Crippen molar-refractivity contribution in [1.82, 2.24) is 24.6 Å². The highest BCUT2D eigenvalue weighted by atomic mass is 16.1. The van der Waals surface area contributed by atoms with Crippen molar-refractivity contribution in [1.29, 1.82) is 0 Å². The highest BCUT2D eigenvalue weighted by Crippen LogP contribution is 2.27. The maximum atomic E-state index is 12.9. The number of hydrogen-bond acceptors (Lipinski definition) is 5. The van der Waals surface area contributed by atoms with Gasteiger partial charge < -0.3 is 15.1 Å². The molecule has 1 fully saturated rings. The van der Waals surface area contributed by atoms with Gasteiger partial charge in [0.1, 0.15) is 11.5 Å². The molecule has 0 bridgehead atoms. The summed E-state index contributed by atoms with van der Waals surface area (Å²) in [5, 5.41) is 3.93. The smallest absolute Gasteiger partial charge is 0.255 e. The Labute approximate surface area is 175 Å². The zero-order valence-electron chi connectivity index (χ0n) is 17.6. The number of anilines is 1. The van der Waals surface area contributed by atoms with Gasteiger partial charge in [-0.3, -0.25) is 9.20 Å². The Morgan fingerprint density at radius 2 is 1.77 bits per heavy atom. The lowest BCUT2D eigenvalue weighted by Gasteiger charge is -2.33. The summed E-state index contributed by atoms with van der Waals surface area (Å²) in [4.78, 5) is 27.4. The molecule has 0 radical (unpaired) electrons. The first-order valence-electron chi connectivity index (χ1n) is 10.5. The molecule has 7 heteroatoms. The summed E-state index contributed by atoms with van der Waals surface area (Å²) in [5.41, 5.74) is 3.86. The molecular formula is C23H26N6O.